The van der Waals surface area contributed by atoms with Crippen LogP contribution in [0.4, 0.5) is 5.82 Å². The molecule has 8 nitrogen and oxygen atoms in total. The summed E-state index contributed by atoms with van der Waals surface area (Å²) in [7, 11) is 1.64. The number of carbonyl (C=O) groups excluding carboxylic acids is 1. The molecular formula is C19H22N6O2. The van der Waals surface area contributed by atoms with Gasteiger partial charge >= 0.3 is 0 Å². The zero-order chi connectivity index (χ0) is 18.6. The normalized spacial score (nSPS) is 17.1. The summed E-state index contributed by atoms with van der Waals surface area (Å²) >= 11 is 0. The van der Waals surface area contributed by atoms with Crippen molar-refractivity contribution < 1.29 is 9.53 Å². The maximum Gasteiger partial charge on any atom is 0.225 e. The molecular weight excluding hydrogens is 344 g/mol. The van der Waals surface area contributed by atoms with E-state index in [4.69, 9.17) is 4.74 Å². The first-order valence-corrected chi connectivity index (χ1v) is 9.04. The van der Waals surface area contributed by atoms with E-state index < -0.39 is 0 Å². The molecule has 140 valence electrons. The van der Waals surface area contributed by atoms with Gasteiger partial charge in [0.05, 0.1) is 19.4 Å². The van der Waals surface area contributed by atoms with Crippen LogP contribution in [0.25, 0.3) is 11.2 Å². The van der Waals surface area contributed by atoms with Gasteiger partial charge in [0.1, 0.15) is 17.6 Å². The number of imidazole rings is 1. The molecule has 1 saturated heterocycles. The Bertz CT molecular complexity index is 923. The number of nitrogens with zero attached hydrogens (tertiary/aromatic N) is 4. The molecule has 0 bridgehead atoms. The number of hydrogen-bond donors (Lipinski definition) is 2. The van der Waals surface area contributed by atoms with Crippen LogP contribution in [0.5, 0.6) is 5.75 Å². The molecule has 1 atom stereocenters. The maximum atomic E-state index is 12.7. The van der Waals surface area contributed by atoms with E-state index in [0.717, 1.165) is 42.0 Å². The Morgan fingerprint density at radius 1 is 1.30 bits per heavy atom. The van der Waals surface area contributed by atoms with E-state index in [1.54, 1.807) is 13.4 Å². The number of rotatable bonds is 5. The number of aromatic amines is 1. The van der Waals surface area contributed by atoms with Gasteiger partial charge in [-0.25, -0.2) is 15.0 Å². The smallest absolute Gasteiger partial charge is 0.225 e. The van der Waals surface area contributed by atoms with Crippen molar-refractivity contribution in [3.8, 4) is 5.75 Å². The van der Waals surface area contributed by atoms with Crippen LogP contribution in [0.3, 0.4) is 0 Å². The van der Waals surface area contributed by atoms with E-state index in [1.165, 1.54) is 6.33 Å². The van der Waals surface area contributed by atoms with Crippen LogP contribution < -0.4 is 15.0 Å². The minimum atomic E-state index is -0.0649. The highest BCUT2D eigenvalue weighted by atomic mass is 16.5. The predicted molar refractivity (Wildman–Crippen MR) is 101 cm³/mol. The lowest BCUT2D eigenvalue weighted by atomic mass is 9.97. The summed E-state index contributed by atoms with van der Waals surface area (Å²) in [6, 6.07) is 7.72. The second kappa shape index (κ2) is 7.61. The number of piperidine rings is 1. The third-order valence-corrected chi connectivity index (χ3v) is 4.92. The molecule has 1 fully saturated rings. The second-order valence-electron chi connectivity index (χ2n) is 6.65. The Labute approximate surface area is 157 Å². The van der Waals surface area contributed by atoms with Crippen LogP contribution in [0.1, 0.15) is 18.4 Å². The van der Waals surface area contributed by atoms with Crippen molar-refractivity contribution >= 4 is 22.9 Å². The molecule has 1 aliphatic heterocycles. The van der Waals surface area contributed by atoms with E-state index in [-0.39, 0.29) is 11.8 Å². The molecule has 3 aromatic rings. The maximum absolute atomic E-state index is 12.7. The number of methoxy groups -OCH3 is 1. The number of amides is 1. The van der Waals surface area contributed by atoms with Crippen molar-refractivity contribution in [1.82, 2.24) is 25.3 Å². The lowest BCUT2D eigenvalue weighted by molar-refractivity contribution is -0.125. The molecule has 0 aliphatic carbocycles. The zero-order valence-electron chi connectivity index (χ0n) is 15.2. The Kier molecular flexibility index (Phi) is 4.86. The molecule has 27 heavy (non-hydrogen) atoms. The number of fused-ring (bicyclic) bond motifs is 1. The lowest BCUT2D eigenvalue weighted by Crippen LogP contribution is -2.43. The van der Waals surface area contributed by atoms with E-state index in [1.807, 2.05) is 24.3 Å². The van der Waals surface area contributed by atoms with Gasteiger partial charge < -0.3 is 19.9 Å². The molecule has 4 rings (SSSR count). The molecule has 1 amide bonds. The summed E-state index contributed by atoms with van der Waals surface area (Å²) in [6.07, 6.45) is 4.96. The van der Waals surface area contributed by atoms with Crippen LogP contribution in [0.2, 0.25) is 0 Å². The van der Waals surface area contributed by atoms with Gasteiger partial charge in [0.15, 0.2) is 11.5 Å². The molecule has 2 aromatic heterocycles. The van der Waals surface area contributed by atoms with Crippen LogP contribution >= 0.6 is 0 Å². The van der Waals surface area contributed by atoms with Crippen LogP contribution in [0, 0.1) is 5.92 Å². The molecule has 1 aliphatic rings. The average molecular weight is 366 g/mol. The summed E-state index contributed by atoms with van der Waals surface area (Å²) in [4.78, 5) is 30.7. The van der Waals surface area contributed by atoms with Gasteiger partial charge in [-0.05, 0) is 30.5 Å². The fraction of sp³-hybridized carbons (Fsp3) is 0.368. The number of nitrogens with one attached hydrogen (secondary N) is 2. The highest BCUT2D eigenvalue weighted by molar-refractivity contribution is 5.84. The Hall–Kier alpha value is -3.16. The number of carbonyl (C=O) groups is 1. The summed E-state index contributed by atoms with van der Waals surface area (Å²) in [6.45, 7) is 2.02. The average Bonchev–Trinajstić information content (AvgIpc) is 3.21. The predicted octanol–water partition coefficient (Wildman–Crippen LogP) is 1.89. The van der Waals surface area contributed by atoms with Crippen molar-refractivity contribution in [2.45, 2.75) is 19.4 Å². The van der Waals surface area contributed by atoms with Crippen molar-refractivity contribution in [2.24, 2.45) is 5.92 Å². The molecule has 0 radical (unpaired) electrons. The molecule has 0 spiro atoms. The summed E-state index contributed by atoms with van der Waals surface area (Å²) in [5.74, 6) is 1.63. The summed E-state index contributed by atoms with van der Waals surface area (Å²) in [5, 5.41) is 3.05. The SMILES string of the molecule is COc1ccc(CNC(=O)[C@@H]2CCCN(c3ncnc4nc[nH]c34)C2)cc1. The quantitative estimate of drug-likeness (QED) is 0.716. The van der Waals surface area contributed by atoms with E-state index in [9.17, 15) is 4.79 Å². The first-order valence-electron chi connectivity index (χ1n) is 9.04. The molecule has 0 saturated carbocycles. The van der Waals surface area contributed by atoms with Gasteiger partial charge in [0.25, 0.3) is 0 Å². The number of aromatic nitrogens is 4. The van der Waals surface area contributed by atoms with E-state index in [2.05, 4.69) is 30.2 Å². The summed E-state index contributed by atoms with van der Waals surface area (Å²) in [5.41, 5.74) is 2.51. The Balaban J connectivity index is 1.40. The molecule has 2 N–H and O–H groups in total. The van der Waals surface area contributed by atoms with E-state index in [0.29, 0.717) is 18.7 Å². The lowest BCUT2D eigenvalue weighted by Gasteiger charge is -2.32. The first kappa shape index (κ1) is 17.3. The van der Waals surface area contributed by atoms with Crippen molar-refractivity contribution in [3.05, 3.63) is 42.5 Å². The summed E-state index contributed by atoms with van der Waals surface area (Å²) < 4.78 is 5.16. The third kappa shape index (κ3) is 3.69. The fourth-order valence-corrected chi connectivity index (χ4v) is 3.45. The number of ether oxygens (including phenoxy) is 1. The van der Waals surface area contributed by atoms with Crippen LogP contribution in [-0.2, 0) is 11.3 Å². The number of hydrogen-bond acceptors (Lipinski definition) is 6. The molecule has 3 heterocycles. The van der Waals surface area contributed by atoms with Crippen molar-refractivity contribution in [2.75, 3.05) is 25.1 Å². The highest BCUT2D eigenvalue weighted by Gasteiger charge is 2.27. The van der Waals surface area contributed by atoms with E-state index >= 15 is 0 Å². The van der Waals surface area contributed by atoms with Gasteiger partial charge in [0.2, 0.25) is 5.91 Å². The topological polar surface area (TPSA) is 96.0 Å². The largest absolute Gasteiger partial charge is 0.497 e. The van der Waals surface area contributed by atoms with Gasteiger partial charge in [-0.1, -0.05) is 12.1 Å². The first-order chi connectivity index (χ1) is 13.2. The minimum absolute atomic E-state index is 0.0649. The minimum Gasteiger partial charge on any atom is -0.497 e. The van der Waals surface area contributed by atoms with Crippen molar-refractivity contribution in [1.29, 1.82) is 0 Å². The van der Waals surface area contributed by atoms with Gasteiger partial charge in [-0.15, -0.1) is 0 Å². The second-order valence-corrected chi connectivity index (χ2v) is 6.65. The van der Waals surface area contributed by atoms with Gasteiger partial charge in [-0.3, -0.25) is 4.79 Å². The number of anilines is 1. The third-order valence-electron chi connectivity index (χ3n) is 4.92. The van der Waals surface area contributed by atoms with Gasteiger partial charge in [-0.2, -0.15) is 0 Å². The Morgan fingerprint density at radius 2 is 2.15 bits per heavy atom. The monoisotopic (exact) mass is 366 g/mol. The highest BCUT2D eigenvalue weighted by Crippen LogP contribution is 2.25. The van der Waals surface area contributed by atoms with Crippen molar-refractivity contribution in [3.63, 3.8) is 0 Å². The number of H-pyrrole nitrogens is 1. The Morgan fingerprint density at radius 3 is 2.96 bits per heavy atom. The number of benzene rings is 1. The van der Waals surface area contributed by atoms with Crippen LogP contribution in [0.15, 0.2) is 36.9 Å². The van der Waals surface area contributed by atoms with Crippen LogP contribution in [-0.4, -0.2) is 46.0 Å². The molecule has 1 aromatic carbocycles. The molecule has 8 heteroatoms. The zero-order valence-corrected chi connectivity index (χ0v) is 15.2. The van der Waals surface area contributed by atoms with Gasteiger partial charge in [0, 0.05) is 19.6 Å². The fourth-order valence-electron chi connectivity index (χ4n) is 3.45. The molecule has 0 unspecified atom stereocenters. The standard InChI is InChI=1S/C19H22N6O2/c1-27-15-6-4-13(5-7-15)9-20-19(26)14-3-2-8-25(10-14)18-16-17(22-11-21-16)23-12-24-18/h4-7,11-12,14H,2-3,8-10H2,1H3,(H,20,26)(H,21,22,23,24)/t14-/m1/s1.